The largest absolute Gasteiger partial charge is 0.466 e. The molecular formula is C8H8ClN3O5. The minimum atomic E-state index is -1.04. The summed E-state index contributed by atoms with van der Waals surface area (Å²) >= 11 is 5.48. The van der Waals surface area contributed by atoms with Crippen molar-refractivity contribution >= 4 is 23.3 Å². The van der Waals surface area contributed by atoms with E-state index in [4.69, 9.17) is 16.3 Å². The lowest BCUT2D eigenvalue weighted by Crippen LogP contribution is -2.25. The maximum Gasteiger partial charge on any atom is 0.349 e. The van der Waals surface area contributed by atoms with Crippen molar-refractivity contribution in [1.82, 2.24) is 9.97 Å². The predicted octanol–water partition coefficient (Wildman–Crippen LogP) is 0.978. The zero-order valence-corrected chi connectivity index (χ0v) is 9.67. The second-order valence-electron chi connectivity index (χ2n) is 2.87. The van der Waals surface area contributed by atoms with Crippen molar-refractivity contribution in [2.24, 2.45) is 0 Å². The Morgan fingerprint density at radius 1 is 1.65 bits per heavy atom. The molecule has 0 aromatic carbocycles. The molecule has 0 aliphatic rings. The van der Waals surface area contributed by atoms with Gasteiger partial charge in [0.2, 0.25) is 5.28 Å². The summed E-state index contributed by atoms with van der Waals surface area (Å²) in [6.07, 6.45) is -0.140. The average Bonchev–Trinajstić information content (AvgIpc) is 2.27. The van der Waals surface area contributed by atoms with Crippen molar-refractivity contribution in [1.29, 1.82) is 0 Å². The van der Waals surface area contributed by atoms with Gasteiger partial charge in [-0.1, -0.05) is 0 Å². The second kappa shape index (κ2) is 5.39. The highest BCUT2D eigenvalue weighted by Crippen LogP contribution is 2.25. The van der Waals surface area contributed by atoms with Gasteiger partial charge in [-0.05, 0) is 18.5 Å². The molecule has 0 aliphatic heterocycles. The summed E-state index contributed by atoms with van der Waals surface area (Å²) < 4.78 is 9.39. The number of hydrogen-bond donors (Lipinski definition) is 0. The predicted molar refractivity (Wildman–Crippen MR) is 55.8 cm³/mol. The summed E-state index contributed by atoms with van der Waals surface area (Å²) in [5, 5.41) is 10.4. The van der Waals surface area contributed by atoms with Gasteiger partial charge in [0.1, 0.15) is 6.20 Å². The number of esters is 1. The summed E-state index contributed by atoms with van der Waals surface area (Å²) in [6, 6.07) is 0. The van der Waals surface area contributed by atoms with Crippen LogP contribution in [0.1, 0.15) is 6.92 Å². The number of ether oxygens (including phenoxy) is 2. The number of halogens is 1. The number of methoxy groups -OCH3 is 1. The average molecular weight is 262 g/mol. The van der Waals surface area contributed by atoms with Crippen molar-refractivity contribution < 1.29 is 19.2 Å². The minimum absolute atomic E-state index is 0.220. The molecule has 1 aromatic heterocycles. The lowest BCUT2D eigenvalue weighted by molar-refractivity contribution is -0.386. The molecule has 0 N–H and O–H groups in total. The molecule has 0 fully saturated rings. The zero-order chi connectivity index (χ0) is 13.0. The lowest BCUT2D eigenvalue weighted by Gasteiger charge is -2.11. The van der Waals surface area contributed by atoms with Gasteiger partial charge in [0, 0.05) is 0 Å². The fourth-order valence-corrected chi connectivity index (χ4v) is 1.06. The molecule has 0 bridgehead atoms. The third kappa shape index (κ3) is 3.25. The molecule has 1 rings (SSSR count). The molecule has 17 heavy (non-hydrogen) atoms. The van der Waals surface area contributed by atoms with E-state index >= 15 is 0 Å². The molecule has 9 heteroatoms. The van der Waals surface area contributed by atoms with Crippen LogP contribution >= 0.6 is 11.6 Å². The van der Waals surface area contributed by atoms with E-state index in [1.54, 1.807) is 0 Å². The summed E-state index contributed by atoms with van der Waals surface area (Å²) in [5.74, 6) is -1.07. The number of nitrogens with zero attached hydrogens (tertiary/aromatic N) is 3. The summed E-state index contributed by atoms with van der Waals surface area (Å²) in [6.45, 7) is 1.37. The molecule has 92 valence electrons. The van der Waals surface area contributed by atoms with Crippen LogP contribution in [0.2, 0.25) is 5.28 Å². The Morgan fingerprint density at radius 2 is 2.29 bits per heavy atom. The van der Waals surface area contributed by atoms with Gasteiger partial charge in [0.25, 0.3) is 5.88 Å². The van der Waals surface area contributed by atoms with Crippen LogP contribution in [0, 0.1) is 10.1 Å². The van der Waals surface area contributed by atoms with Crippen LogP contribution in [0.15, 0.2) is 6.20 Å². The normalized spacial score (nSPS) is 11.7. The Labute approximate surface area is 101 Å². The van der Waals surface area contributed by atoms with E-state index in [2.05, 4.69) is 14.7 Å². The van der Waals surface area contributed by atoms with Crippen molar-refractivity contribution in [3.05, 3.63) is 21.6 Å². The number of aromatic nitrogens is 2. The molecule has 0 saturated carbocycles. The van der Waals surface area contributed by atoms with Gasteiger partial charge in [-0.15, -0.1) is 0 Å². The van der Waals surface area contributed by atoms with Crippen LogP contribution in [-0.2, 0) is 9.53 Å². The molecule has 1 heterocycles. The molecule has 0 unspecified atom stereocenters. The van der Waals surface area contributed by atoms with Crippen LogP contribution in [0.25, 0.3) is 0 Å². The van der Waals surface area contributed by atoms with Gasteiger partial charge in [-0.3, -0.25) is 10.1 Å². The van der Waals surface area contributed by atoms with E-state index in [1.165, 1.54) is 14.0 Å². The summed E-state index contributed by atoms with van der Waals surface area (Å²) in [5.41, 5.74) is -0.481. The number of carbonyl (C=O) groups is 1. The molecule has 0 radical (unpaired) electrons. The molecule has 8 nitrogen and oxygen atoms in total. The topological polar surface area (TPSA) is 104 Å². The molecule has 1 aromatic rings. The molecule has 1 atom stereocenters. The molecule has 0 spiro atoms. The van der Waals surface area contributed by atoms with Crippen molar-refractivity contribution in [2.45, 2.75) is 13.0 Å². The summed E-state index contributed by atoms with van der Waals surface area (Å²) in [4.78, 5) is 28.0. The molecule has 0 saturated heterocycles. The van der Waals surface area contributed by atoms with Crippen molar-refractivity contribution in [2.75, 3.05) is 7.11 Å². The van der Waals surface area contributed by atoms with E-state index in [9.17, 15) is 14.9 Å². The Bertz CT molecular complexity index is 453. The number of rotatable bonds is 4. The highest BCUT2D eigenvalue weighted by Gasteiger charge is 2.24. The van der Waals surface area contributed by atoms with E-state index in [-0.39, 0.29) is 11.2 Å². The minimum Gasteiger partial charge on any atom is -0.466 e. The lowest BCUT2D eigenvalue weighted by atomic mass is 10.4. The molecule has 0 aliphatic carbocycles. The van der Waals surface area contributed by atoms with Gasteiger partial charge in [-0.25, -0.2) is 9.78 Å². The van der Waals surface area contributed by atoms with Crippen LogP contribution in [0.4, 0.5) is 5.69 Å². The maximum absolute atomic E-state index is 11.1. The first-order valence-electron chi connectivity index (χ1n) is 4.37. The third-order valence-corrected chi connectivity index (χ3v) is 1.91. The van der Waals surface area contributed by atoms with Gasteiger partial charge in [-0.2, -0.15) is 4.98 Å². The van der Waals surface area contributed by atoms with Crippen LogP contribution in [0.5, 0.6) is 5.88 Å². The van der Waals surface area contributed by atoms with E-state index < -0.39 is 22.7 Å². The van der Waals surface area contributed by atoms with Crippen molar-refractivity contribution in [3.8, 4) is 5.88 Å². The van der Waals surface area contributed by atoms with E-state index in [0.717, 1.165) is 6.20 Å². The maximum atomic E-state index is 11.1. The number of carbonyl (C=O) groups excluding carboxylic acids is 1. The Hall–Kier alpha value is -1.96. The van der Waals surface area contributed by atoms with Gasteiger partial charge in [0.15, 0.2) is 6.10 Å². The Kier molecular flexibility index (Phi) is 4.16. The summed E-state index contributed by atoms with van der Waals surface area (Å²) in [7, 11) is 1.17. The smallest absolute Gasteiger partial charge is 0.349 e. The quantitative estimate of drug-likeness (QED) is 0.344. The molecule has 0 amide bonds. The van der Waals surface area contributed by atoms with E-state index in [1.807, 2.05) is 0 Å². The van der Waals surface area contributed by atoms with Crippen LogP contribution in [-0.4, -0.2) is 34.1 Å². The first-order valence-corrected chi connectivity index (χ1v) is 4.75. The number of hydrogen-bond acceptors (Lipinski definition) is 7. The van der Waals surface area contributed by atoms with Crippen molar-refractivity contribution in [3.63, 3.8) is 0 Å². The van der Waals surface area contributed by atoms with Gasteiger partial charge in [0.05, 0.1) is 12.0 Å². The Morgan fingerprint density at radius 3 is 2.82 bits per heavy atom. The number of nitro groups is 1. The third-order valence-electron chi connectivity index (χ3n) is 1.72. The fraction of sp³-hybridized carbons (Fsp3) is 0.375. The SMILES string of the molecule is COC(=O)[C@@H](C)Oc1nc(Cl)ncc1[N+](=O)[O-]. The highest BCUT2D eigenvalue weighted by molar-refractivity contribution is 6.28. The first kappa shape index (κ1) is 13.1. The monoisotopic (exact) mass is 261 g/mol. The fourth-order valence-electron chi connectivity index (χ4n) is 0.933. The zero-order valence-electron chi connectivity index (χ0n) is 8.92. The highest BCUT2D eigenvalue weighted by atomic mass is 35.5. The standard InChI is InChI=1S/C8H8ClN3O5/c1-4(7(13)16-2)17-6-5(12(14)15)3-10-8(9)11-6/h3-4H,1-2H3/t4-/m1/s1. The van der Waals surface area contributed by atoms with Crippen LogP contribution < -0.4 is 4.74 Å². The van der Waals surface area contributed by atoms with Crippen LogP contribution in [0.3, 0.4) is 0 Å². The van der Waals surface area contributed by atoms with E-state index in [0.29, 0.717) is 0 Å². The Balaban J connectivity index is 3.00. The molecular weight excluding hydrogens is 254 g/mol. The van der Waals surface area contributed by atoms with Gasteiger partial charge < -0.3 is 9.47 Å². The first-order chi connectivity index (χ1) is 7.95. The second-order valence-corrected chi connectivity index (χ2v) is 3.21. The van der Waals surface area contributed by atoms with Gasteiger partial charge >= 0.3 is 11.7 Å².